The molecule has 1 aliphatic rings. The molecule has 3 aromatic rings. The Bertz CT molecular complexity index is 1260. The SMILES string of the molecule is CC(=O)N(c1nc(/C=C2/N=C(c3cc(C)cc(C)c3)OC2=O)cs1)c1c(C)cccc1C. The lowest BCUT2D eigenvalue weighted by atomic mass is 10.1. The molecule has 7 heteroatoms. The van der Waals surface area contributed by atoms with E-state index < -0.39 is 5.97 Å². The number of carbonyl (C=O) groups is 2. The monoisotopic (exact) mass is 445 g/mol. The third-order valence-corrected chi connectivity index (χ3v) is 5.90. The van der Waals surface area contributed by atoms with Crippen LogP contribution in [-0.2, 0) is 14.3 Å². The second-order valence-electron chi connectivity index (χ2n) is 7.86. The van der Waals surface area contributed by atoms with Gasteiger partial charge in [-0.15, -0.1) is 11.3 Å². The lowest BCUT2D eigenvalue weighted by Crippen LogP contribution is -2.24. The van der Waals surface area contributed by atoms with E-state index in [0.717, 1.165) is 33.5 Å². The van der Waals surface area contributed by atoms with E-state index >= 15 is 0 Å². The highest BCUT2D eigenvalue weighted by Crippen LogP contribution is 2.34. The molecular weight excluding hydrogens is 422 g/mol. The van der Waals surface area contributed by atoms with Gasteiger partial charge in [-0.05, 0) is 57.0 Å². The minimum absolute atomic E-state index is 0.133. The molecular formula is C25H23N3O3S. The molecule has 0 unspecified atom stereocenters. The summed E-state index contributed by atoms with van der Waals surface area (Å²) < 4.78 is 5.39. The minimum atomic E-state index is -0.521. The van der Waals surface area contributed by atoms with E-state index in [1.54, 1.807) is 16.4 Å². The van der Waals surface area contributed by atoms with Gasteiger partial charge in [0.15, 0.2) is 10.8 Å². The summed E-state index contributed by atoms with van der Waals surface area (Å²) in [6.07, 6.45) is 1.58. The van der Waals surface area contributed by atoms with Crippen molar-refractivity contribution >= 4 is 46.0 Å². The van der Waals surface area contributed by atoms with Gasteiger partial charge >= 0.3 is 5.97 Å². The summed E-state index contributed by atoms with van der Waals surface area (Å²) in [5, 5.41) is 2.33. The average molecular weight is 446 g/mol. The topological polar surface area (TPSA) is 71.9 Å². The predicted octanol–water partition coefficient (Wildman–Crippen LogP) is 5.41. The number of ether oxygens (including phenoxy) is 1. The van der Waals surface area contributed by atoms with E-state index in [1.165, 1.54) is 18.3 Å². The lowest BCUT2D eigenvalue weighted by molar-refractivity contribution is -0.130. The smallest absolute Gasteiger partial charge is 0.363 e. The Labute approximate surface area is 190 Å². The van der Waals surface area contributed by atoms with E-state index in [-0.39, 0.29) is 17.5 Å². The predicted molar refractivity (Wildman–Crippen MR) is 127 cm³/mol. The van der Waals surface area contributed by atoms with Gasteiger partial charge in [0, 0.05) is 17.9 Å². The van der Waals surface area contributed by atoms with Crippen molar-refractivity contribution in [2.45, 2.75) is 34.6 Å². The fourth-order valence-electron chi connectivity index (χ4n) is 3.76. The third kappa shape index (κ3) is 4.24. The Hall–Kier alpha value is -3.58. The van der Waals surface area contributed by atoms with E-state index in [4.69, 9.17) is 4.74 Å². The van der Waals surface area contributed by atoms with Crippen molar-refractivity contribution in [3.05, 3.63) is 81.0 Å². The van der Waals surface area contributed by atoms with Crippen LogP contribution < -0.4 is 4.90 Å². The highest BCUT2D eigenvalue weighted by Gasteiger charge is 2.26. The second-order valence-corrected chi connectivity index (χ2v) is 8.70. The van der Waals surface area contributed by atoms with Crippen molar-refractivity contribution in [1.29, 1.82) is 0 Å². The summed E-state index contributed by atoms with van der Waals surface area (Å²) in [5.41, 5.74) is 6.40. The Balaban J connectivity index is 1.68. The van der Waals surface area contributed by atoms with E-state index in [9.17, 15) is 9.59 Å². The summed E-state index contributed by atoms with van der Waals surface area (Å²) in [5.74, 6) is -0.373. The van der Waals surface area contributed by atoms with Crippen LogP contribution in [0.3, 0.4) is 0 Å². The summed E-state index contributed by atoms with van der Waals surface area (Å²) >= 11 is 1.33. The molecule has 2 aromatic carbocycles. The Morgan fingerprint density at radius 2 is 1.72 bits per heavy atom. The number of anilines is 2. The zero-order valence-electron chi connectivity index (χ0n) is 18.6. The molecule has 1 amide bonds. The number of hydrogen-bond acceptors (Lipinski definition) is 6. The van der Waals surface area contributed by atoms with Gasteiger partial charge in [0.2, 0.25) is 11.8 Å². The number of amides is 1. The van der Waals surface area contributed by atoms with Crippen LogP contribution in [0.1, 0.15) is 40.4 Å². The molecule has 0 saturated carbocycles. The fourth-order valence-corrected chi connectivity index (χ4v) is 4.59. The quantitative estimate of drug-likeness (QED) is 0.398. The molecule has 1 aliphatic heterocycles. The van der Waals surface area contributed by atoms with Gasteiger partial charge in [-0.1, -0.05) is 35.4 Å². The van der Waals surface area contributed by atoms with Gasteiger partial charge in [0.25, 0.3) is 0 Å². The molecule has 0 atom stereocenters. The Morgan fingerprint density at radius 3 is 2.34 bits per heavy atom. The number of aryl methyl sites for hydroxylation is 4. The zero-order chi connectivity index (χ0) is 23.0. The van der Waals surface area contributed by atoms with Crippen molar-refractivity contribution in [3.8, 4) is 0 Å². The number of aromatic nitrogens is 1. The standard InChI is InChI=1S/C25H23N3O3S/c1-14-9-15(2)11-19(10-14)23-27-21(24(30)31-23)12-20-13-32-25(26-20)28(18(5)29)22-16(3)7-6-8-17(22)4/h6-13H,1-5H3/b21-12+. The van der Waals surface area contributed by atoms with Gasteiger partial charge < -0.3 is 4.74 Å². The third-order valence-electron chi connectivity index (χ3n) is 5.05. The van der Waals surface area contributed by atoms with Gasteiger partial charge in [0.05, 0.1) is 11.4 Å². The molecule has 162 valence electrons. The first kappa shape index (κ1) is 21.6. The van der Waals surface area contributed by atoms with Crippen molar-refractivity contribution in [1.82, 2.24) is 4.98 Å². The first-order valence-electron chi connectivity index (χ1n) is 10.2. The van der Waals surface area contributed by atoms with Crippen molar-refractivity contribution in [2.24, 2.45) is 4.99 Å². The van der Waals surface area contributed by atoms with Gasteiger partial charge in [-0.3, -0.25) is 9.69 Å². The first-order valence-corrected chi connectivity index (χ1v) is 11.0. The number of thiazole rings is 1. The summed E-state index contributed by atoms with van der Waals surface area (Å²) in [6.45, 7) is 9.41. The summed E-state index contributed by atoms with van der Waals surface area (Å²) in [4.78, 5) is 35.5. The zero-order valence-corrected chi connectivity index (χ0v) is 19.4. The highest BCUT2D eigenvalue weighted by molar-refractivity contribution is 7.14. The minimum Gasteiger partial charge on any atom is -0.402 e. The molecule has 0 saturated heterocycles. The number of para-hydroxylation sites is 1. The van der Waals surface area contributed by atoms with Crippen LogP contribution in [0, 0.1) is 27.7 Å². The summed E-state index contributed by atoms with van der Waals surface area (Å²) in [7, 11) is 0. The molecule has 32 heavy (non-hydrogen) atoms. The number of cyclic esters (lactones) is 1. The van der Waals surface area contributed by atoms with Crippen LogP contribution in [0.4, 0.5) is 10.8 Å². The lowest BCUT2D eigenvalue weighted by Gasteiger charge is -2.22. The highest BCUT2D eigenvalue weighted by atomic mass is 32.1. The number of aliphatic imine (C=N–C) groups is 1. The molecule has 4 rings (SSSR count). The first-order chi connectivity index (χ1) is 15.2. The average Bonchev–Trinajstić information content (AvgIpc) is 3.31. The van der Waals surface area contributed by atoms with Crippen molar-refractivity contribution in [2.75, 3.05) is 4.90 Å². The number of esters is 1. The maximum atomic E-state index is 12.5. The molecule has 6 nitrogen and oxygen atoms in total. The van der Waals surface area contributed by atoms with Gasteiger partial charge in [0.1, 0.15) is 0 Å². The number of hydrogen-bond donors (Lipinski definition) is 0. The van der Waals surface area contributed by atoms with Crippen molar-refractivity contribution in [3.63, 3.8) is 0 Å². The maximum Gasteiger partial charge on any atom is 0.363 e. The number of carbonyl (C=O) groups excluding carboxylic acids is 2. The van der Waals surface area contributed by atoms with Crippen molar-refractivity contribution < 1.29 is 14.3 Å². The summed E-state index contributed by atoms with van der Waals surface area (Å²) in [6, 6.07) is 11.8. The van der Waals surface area contributed by atoms with E-state index in [1.807, 2.05) is 64.1 Å². The molecule has 0 aliphatic carbocycles. The Morgan fingerprint density at radius 1 is 1.06 bits per heavy atom. The van der Waals surface area contributed by atoms with Crippen LogP contribution in [0.15, 0.2) is 52.5 Å². The van der Waals surface area contributed by atoms with Crippen LogP contribution in [-0.4, -0.2) is 22.8 Å². The molecule has 0 radical (unpaired) electrons. The van der Waals surface area contributed by atoms with E-state index in [2.05, 4.69) is 9.98 Å². The van der Waals surface area contributed by atoms with Crippen LogP contribution in [0.25, 0.3) is 6.08 Å². The van der Waals surface area contributed by atoms with Gasteiger partial charge in [-0.25, -0.2) is 14.8 Å². The van der Waals surface area contributed by atoms with Crippen LogP contribution in [0.5, 0.6) is 0 Å². The van der Waals surface area contributed by atoms with E-state index in [0.29, 0.717) is 10.8 Å². The van der Waals surface area contributed by atoms with Gasteiger partial charge in [-0.2, -0.15) is 0 Å². The number of rotatable bonds is 4. The normalized spacial score (nSPS) is 14.5. The second kappa shape index (κ2) is 8.51. The van der Waals surface area contributed by atoms with Crippen LogP contribution in [0.2, 0.25) is 0 Å². The molecule has 2 heterocycles. The molecule has 0 spiro atoms. The maximum absolute atomic E-state index is 12.5. The number of nitrogens with zero attached hydrogens (tertiary/aromatic N) is 3. The molecule has 0 N–H and O–H groups in total. The Kier molecular flexibility index (Phi) is 5.76. The molecule has 0 fully saturated rings. The largest absolute Gasteiger partial charge is 0.402 e. The molecule has 0 bridgehead atoms. The fraction of sp³-hybridized carbons (Fsp3) is 0.200. The van der Waals surface area contributed by atoms with Crippen LogP contribution >= 0.6 is 11.3 Å². The molecule has 1 aromatic heterocycles. The number of benzene rings is 2.